The van der Waals surface area contributed by atoms with Gasteiger partial charge in [-0.1, -0.05) is 17.7 Å². The van der Waals surface area contributed by atoms with Crippen molar-refractivity contribution in [3.8, 4) is 17.2 Å². The van der Waals surface area contributed by atoms with Crippen molar-refractivity contribution < 1.29 is 27.5 Å². The van der Waals surface area contributed by atoms with Crippen LogP contribution in [0.4, 0.5) is 8.78 Å². The van der Waals surface area contributed by atoms with Gasteiger partial charge < -0.3 is 19.2 Å². The van der Waals surface area contributed by atoms with E-state index in [1.165, 1.54) is 12.1 Å². The summed E-state index contributed by atoms with van der Waals surface area (Å²) in [6.45, 7) is 5.77. The minimum absolute atomic E-state index is 0.0199. The predicted octanol–water partition coefficient (Wildman–Crippen LogP) is 3.84. The second kappa shape index (κ2) is 10.3. The molecule has 0 saturated carbocycles. The summed E-state index contributed by atoms with van der Waals surface area (Å²) in [5.41, 5.74) is 2.13. The Bertz CT molecular complexity index is 1090. The molecule has 2 aromatic carbocycles. The molecule has 1 unspecified atom stereocenters. The number of hydrogen-bond acceptors (Lipinski definition) is 7. The highest BCUT2D eigenvalue weighted by Crippen LogP contribution is 2.26. The number of carbonyl (C=O) groups is 1. The molecule has 1 aliphatic rings. The van der Waals surface area contributed by atoms with Crippen molar-refractivity contribution in [2.75, 3.05) is 32.8 Å². The Balaban J connectivity index is 1.52. The van der Waals surface area contributed by atoms with Crippen LogP contribution >= 0.6 is 0 Å². The summed E-state index contributed by atoms with van der Waals surface area (Å²) in [6.07, 6.45) is -3.28. The molecule has 10 heteroatoms. The second-order valence-electron chi connectivity index (χ2n) is 8.18. The highest BCUT2D eigenvalue weighted by Gasteiger charge is 2.26. The first-order valence-corrected chi connectivity index (χ1v) is 11.0. The molecule has 1 aromatic heterocycles. The van der Waals surface area contributed by atoms with Crippen LogP contribution in [-0.4, -0.2) is 60.0 Å². The topological polar surface area (TPSA) is 89.7 Å². The number of amides is 1. The Morgan fingerprint density at radius 1 is 1.12 bits per heavy atom. The summed E-state index contributed by atoms with van der Waals surface area (Å²) in [4.78, 5) is 15.0. The van der Waals surface area contributed by atoms with Crippen LogP contribution in [0.5, 0.6) is 5.75 Å². The summed E-state index contributed by atoms with van der Waals surface area (Å²) in [5, 5.41) is 11.3. The summed E-state index contributed by atoms with van der Waals surface area (Å²) < 4.78 is 42.0. The van der Waals surface area contributed by atoms with Crippen molar-refractivity contribution in [3.05, 3.63) is 65.5 Å². The Morgan fingerprint density at radius 2 is 1.79 bits per heavy atom. The van der Waals surface area contributed by atoms with Crippen LogP contribution in [0.3, 0.4) is 0 Å². The van der Waals surface area contributed by atoms with E-state index in [0.717, 1.165) is 18.7 Å². The van der Waals surface area contributed by atoms with Gasteiger partial charge >= 0.3 is 6.11 Å². The first-order chi connectivity index (χ1) is 16.3. The number of rotatable bonds is 8. The molecule has 34 heavy (non-hydrogen) atoms. The molecule has 0 bridgehead atoms. The van der Waals surface area contributed by atoms with Crippen LogP contribution in [0.2, 0.25) is 0 Å². The molecule has 1 amide bonds. The monoisotopic (exact) mass is 472 g/mol. The van der Waals surface area contributed by atoms with Crippen molar-refractivity contribution in [3.63, 3.8) is 0 Å². The molecule has 1 atom stereocenters. The first kappa shape index (κ1) is 23.8. The Labute approximate surface area is 195 Å². The zero-order chi connectivity index (χ0) is 24.1. The van der Waals surface area contributed by atoms with Gasteiger partial charge in [0, 0.05) is 37.7 Å². The molecule has 1 N–H and O–H groups in total. The van der Waals surface area contributed by atoms with E-state index in [-0.39, 0.29) is 23.4 Å². The fraction of sp³-hybridized carbons (Fsp3) is 0.375. The minimum atomic E-state index is -3.28. The lowest BCUT2D eigenvalue weighted by Crippen LogP contribution is -2.43. The van der Waals surface area contributed by atoms with E-state index in [2.05, 4.69) is 25.2 Å². The van der Waals surface area contributed by atoms with Crippen LogP contribution in [0.1, 0.15) is 34.8 Å². The van der Waals surface area contributed by atoms with Crippen molar-refractivity contribution in [1.29, 1.82) is 0 Å². The molecule has 8 nitrogen and oxygen atoms in total. The molecule has 0 radical (unpaired) electrons. The van der Waals surface area contributed by atoms with E-state index in [9.17, 15) is 13.6 Å². The van der Waals surface area contributed by atoms with Gasteiger partial charge in [0.15, 0.2) is 0 Å². The third-order valence-electron chi connectivity index (χ3n) is 5.30. The van der Waals surface area contributed by atoms with Gasteiger partial charge in [-0.3, -0.25) is 9.69 Å². The lowest BCUT2D eigenvalue weighted by atomic mass is 10.1. The van der Waals surface area contributed by atoms with Gasteiger partial charge in [0.05, 0.1) is 13.2 Å². The van der Waals surface area contributed by atoms with Gasteiger partial charge in [0.2, 0.25) is 11.8 Å². The lowest BCUT2D eigenvalue weighted by Gasteiger charge is -2.29. The van der Waals surface area contributed by atoms with Crippen molar-refractivity contribution in [1.82, 2.24) is 20.4 Å². The molecule has 180 valence electrons. The fourth-order valence-corrected chi connectivity index (χ4v) is 3.54. The molecule has 3 aromatic rings. The predicted molar refractivity (Wildman–Crippen MR) is 120 cm³/mol. The standard InChI is InChI=1S/C24H26F2N4O4/c1-16-3-5-17(6-4-16)21(31)27-20(15-30-11-13-32-14-12-30)23-29-28-22(33-23)18-7-9-19(10-8-18)34-24(2,25)26/h3-10,20H,11-15H2,1-2H3,(H,27,31). The highest BCUT2D eigenvalue weighted by molar-refractivity contribution is 5.94. The van der Waals surface area contributed by atoms with Crippen LogP contribution in [0.25, 0.3) is 11.5 Å². The lowest BCUT2D eigenvalue weighted by molar-refractivity contribution is -0.158. The maximum Gasteiger partial charge on any atom is 0.394 e. The minimum Gasteiger partial charge on any atom is -0.433 e. The molecule has 1 fully saturated rings. The van der Waals surface area contributed by atoms with Gasteiger partial charge in [-0.15, -0.1) is 10.2 Å². The van der Waals surface area contributed by atoms with Crippen LogP contribution in [-0.2, 0) is 4.74 Å². The molecule has 1 aliphatic heterocycles. The quantitative estimate of drug-likeness (QED) is 0.533. The fourth-order valence-electron chi connectivity index (χ4n) is 3.54. The smallest absolute Gasteiger partial charge is 0.394 e. The normalized spacial score (nSPS) is 15.6. The van der Waals surface area contributed by atoms with E-state index >= 15 is 0 Å². The zero-order valence-corrected chi connectivity index (χ0v) is 19.0. The first-order valence-electron chi connectivity index (χ1n) is 11.0. The van der Waals surface area contributed by atoms with Gasteiger partial charge in [-0.2, -0.15) is 8.78 Å². The summed E-state index contributed by atoms with van der Waals surface area (Å²) >= 11 is 0. The molecule has 2 heterocycles. The number of morpholine rings is 1. The summed E-state index contributed by atoms with van der Waals surface area (Å²) in [6, 6.07) is 12.6. The van der Waals surface area contributed by atoms with Crippen molar-refractivity contribution >= 4 is 5.91 Å². The maximum absolute atomic E-state index is 13.1. The number of ether oxygens (including phenoxy) is 2. The van der Waals surface area contributed by atoms with E-state index in [1.807, 2.05) is 19.1 Å². The zero-order valence-electron chi connectivity index (χ0n) is 19.0. The van der Waals surface area contributed by atoms with Crippen LogP contribution in [0, 0.1) is 6.92 Å². The van der Waals surface area contributed by atoms with Gasteiger partial charge in [0.25, 0.3) is 5.91 Å². The average Bonchev–Trinajstić information content (AvgIpc) is 3.29. The van der Waals surface area contributed by atoms with E-state index in [0.29, 0.717) is 37.8 Å². The van der Waals surface area contributed by atoms with E-state index in [4.69, 9.17) is 9.15 Å². The number of halogens is 2. The molecular weight excluding hydrogens is 446 g/mol. The molecule has 4 rings (SSSR count). The largest absolute Gasteiger partial charge is 0.433 e. The second-order valence-corrected chi connectivity index (χ2v) is 8.18. The molecular formula is C24H26F2N4O4. The summed E-state index contributed by atoms with van der Waals surface area (Å²) in [7, 11) is 0. The van der Waals surface area contributed by atoms with Crippen molar-refractivity contribution in [2.45, 2.75) is 26.0 Å². The SMILES string of the molecule is Cc1ccc(C(=O)NC(CN2CCOCC2)c2nnc(-c3ccc(OC(C)(F)F)cc3)o2)cc1. The number of carbonyl (C=O) groups excluding carboxylic acids is 1. The summed E-state index contributed by atoms with van der Waals surface area (Å²) in [5.74, 6) is 0.232. The maximum atomic E-state index is 13.1. The molecule has 0 spiro atoms. The molecule has 1 saturated heterocycles. The third-order valence-corrected chi connectivity index (χ3v) is 5.30. The third kappa shape index (κ3) is 6.36. The molecule has 0 aliphatic carbocycles. The Kier molecular flexibility index (Phi) is 7.18. The number of nitrogens with zero attached hydrogens (tertiary/aromatic N) is 3. The van der Waals surface area contributed by atoms with E-state index < -0.39 is 12.2 Å². The van der Waals surface area contributed by atoms with E-state index in [1.54, 1.807) is 24.3 Å². The van der Waals surface area contributed by atoms with Gasteiger partial charge in [-0.05, 0) is 43.3 Å². The van der Waals surface area contributed by atoms with Crippen LogP contribution < -0.4 is 10.1 Å². The number of aromatic nitrogens is 2. The number of aryl methyl sites for hydroxylation is 1. The number of benzene rings is 2. The number of nitrogens with one attached hydrogen (secondary N) is 1. The Morgan fingerprint density at radius 3 is 2.44 bits per heavy atom. The Hall–Kier alpha value is -3.37. The average molecular weight is 472 g/mol. The number of alkyl halides is 2. The van der Waals surface area contributed by atoms with Crippen LogP contribution in [0.15, 0.2) is 52.9 Å². The highest BCUT2D eigenvalue weighted by atomic mass is 19.3. The van der Waals surface area contributed by atoms with Gasteiger partial charge in [-0.25, -0.2) is 0 Å². The number of hydrogen-bond donors (Lipinski definition) is 1. The van der Waals surface area contributed by atoms with Gasteiger partial charge in [0.1, 0.15) is 11.8 Å². The van der Waals surface area contributed by atoms with Crippen molar-refractivity contribution in [2.24, 2.45) is 0 Å².